The molecule has 116 valence electrons. The molecular formula is C15H23N3O3. The van der Waals surface area contributed by atoms with Crippen LogP contribution in [0.4, 0.5) is 0 Å². The van der Waals surface area contributed by atoms with Gasteiger partial charge in [-0.05, 0) is 19.8 Å². The fourth-order valence-electron chi connectivity index (χ4n) is 2.98. The molecular weight excluding hydrogens is 270 g/mol. The third-order valence-electron chi connectivity index (χ3n) is 4.09. The molecule has 0 aliphatic heterocycles. The summed E-state index contributed by atoms with van der Waals surface area (Å²) in [7, 11) is 3.18. The molecule has 6 nitrogen and oxygen atoms in total. The maximum Gasteiger partial charge on any atom is 0.310 e. The number of amides is 1. The van der Waals surface area contributed by atoms with Gasteiger partial charge in [-0.15, -0.1) is 0 Å². The van der Waals surface area contributed by atoms with Crippen molar-refractivity contribution in [3.05, 3.63) is 17.5 Å². The molecule has 0 bridgehead atoms. The van der Waals surface area contributed by atoms with Gasteiger partial charge in [-0.3, -0.25) is 14.3 Å². The standard InChI is InChI=1S/C15H23N3O3/c1-10-12(9-18(2)17-10)14(19)16-13-8-6-4-5-7-11(13)15(20)21-3/h9,11,13H,4-8H2,1-3H3,(H,16,19)/t11-,13+/m1/s1. The lowest BCUT2D eigenvalue weighted by Crippen LogP contribution is -2.43. The van der Waals surface area contributed by atoms with Gasteiger partial charge in [0, 0.05) is 19.3 Å². The highest BCUT2D eigenvalue weighted by Crippen LogP contribution is 2.25. The molecule has 6 heteroatoms. The minimum atomic E-state index is -0.251. The van der Waals surface area contributed by atoms with Gasteiger partial charge in [0.05, 0.1) is 24.3 Å². The number of aromatic nitrogens is 2. The highest BCUT2D eigenvalue weighted by molar-refractivity contribution is 5.95. The summed E-state index contributed by atoms with van der Waals surface area (Å²) in [5, 5.41) is 7.18. The molecule has 1 saturated carbocycles. The van der Waals surface area contributed by atoms with Crippen LogP contribution in [0, 0.1) is 12.8 Å². The number of methoxy groups -OCH3 is 1. The maximum absolute atomic E-state index is 12.4. The number of nitrogens with one attached hydrogen (secondary N) is 1. The average molecular weight is 293 g/mol. The summed E-state index contributed by atoms with van der Waals surface area (Å²) >= 11 is 0. The number of rotatable bonds is 3. The molecule has 1 amide bonds. The Labute approximate surface area is 124 Å². The summed E-state index contributed by atoms with van der Waals surface area (Å²) in [5.74, 6) is -0.648. The van der Waals surface area contributed by atoms with Gasteiger partial charge >= 0.3 is 5.97 Å². The van der Waals surface area contributed by atoms with E-state index in [0.29, 0.717) is 11.3 Å². The van der Waals surface area contributed by atoms with Gasteiger partial charge in [0.15, 0.2) is 0 Å². The Hall–Kier alpha value is -1.85. The lowest BCUT2D eigenvalue weighted by molar-refractivity contribution is -0.146. The molecule has 2 rings (SSSR count). The number of carbonyl (C=O) groups excluding carboxylic acids is 2. The molecule has 1 N–H and O–H groups in total. The fourth-order valence-corrected chi connectivity index (χ4v) is 2.98. The van der Waals surface area contributed by atoms with Crippen LogP contribution >= 0.6 is 0 Å². The Morgan fingerprint density at radius 2 is 2.05 bits per heavy atom. The maximum atomic E-state index is 12.4. The van der Waals surface area contributed by atoms with Crippen molar-refractivity contribution in [3.63, 3.8) is 0 Å². The molecule has 1 aliphatic rings. The molecule has 1 heterocycles. The van der Waals surface area contributed by atoms with Gasteiger partial charge in [-0.1, -0.05) is 19.3 Å². The Bertz CT molecular complexity index is 524. The topological polar surface area (TPSA) is 73.2 Å². The van der Waals surface area contributed by atoms with Crippen LogP contribution in [0.15, 0.2) is 6.20 Å². The predicted molar refractivity (Wildman–Crippen MR) is 77.8 cm³/mol. The molecule has 1 fully saturated rings. The zero-order valence-electron chi connectivity index (χ0n) is 12.9. The first-order chi connectivity index (χ1) is 10.0. The summed E-state index contributed by atoms with van der Waals surface area (Å²) in [6.07, 6.45) is 6.39. The molecule has 0 aromatic carbocycles. The van der Waals surface area contributed by atoms with E-state index in [1.54, 1.807) is 24.9 Å². The first-order valence-corrected chi connectivity index (χ1v) is 7.42. The highest BCUT2D eigenvalue weighted by Gasteiger charge is 2.32. The SMILES string of the molecule is COC(=O)[C@@H]1CCCCC[C@@H]1NC(=O)c1cn(C)nc1C. The van der Waals surface area contributed by atoms with Crippen molar-refractivity contribution in [1.82, 2.24) is 15.1 Å². The van der Waals surface area contributed by atoms with Crippen molar-refractivity contribution in [1.29, 1.82) is 0 Å². The Balaban J connectivity index is 2.12. The monoisotopic (exact) mass is 293 g/mol. The van der Waals surface area contributed by atoms with Gasteiger partial charge in [0.2, 0.25) is 0 Å². The molecule has 1 aromatic rings. The second kappa shape index (κ2) is 6.74. The van der Waals surface area contributed by atoms with Crippen molar-refractivity contribution in [2.24, 2.45) is 13.0 Å². The normalized spacial score (nSPS) is 22.4. The molecule has 21 heavy (non-hydrogen) atoms. The summed E-state index contributed by atoms with van der Waals surface area (Å²) < 4.78 is 6.50. The quantitative estimate of drug-likeness (QED) is 0.678. The van der Waals surface area contributed by atoms with E-state index in [0.717, 1.165) is 32.1 Å². The van der Waals surface area contributed by atoms with Crippen LogP contribution in [-0.2, 0) is 16.6 Å². The second-order valence-electron chi connectivity index (χ2n) is 5.65. The fraction of sp³-hybridized carbons (Fsp3) is 0.667. The Kier molecular flexibility index (Phi) is 4.98. The summed E-state index contributed by atoms with van der Waals surface area (Å²) in [5.41, 5.74) is 1.25. The molecule has 2 atom stereocenters. The molecule has 1 aromatic heterocycles. The lowest BCUT2D eigenvalue weighted by Gasteiger charge is -2.24. The van der Waals surface area contributed by atoms with Crippen molar-refractivity contribution in [2.75, 3.05) is 7.11 Å². The van der Waals surface area contributed by atoms with Crippen LogP contribution in [0.25, 0.3) is 0 Å². The zero-order chi connectivity index (χ0) is 15.4. The number of esters is 1. The van der Waals surface area contributed by atoms with Crippen molar-refractivity contribution < 1.29 is 14.3 Å². The summed E-state index contributed by atoms with van der Waals surface area (Å²) in [6.45, 7) is 1.81. The number of carbonyl (C=O) groups is 2. The smallest absolute Gasteiger partial charge is 0.310 e. The molecule has 0 spiro atoms. The van der Waals surface area contributed by atoms with Gasteiger partial charge < -0.3 is 10.1 Å². The van der Waals surface area contributed by atoms with Gasteiger partial charge in [-0.25, -0.2) is 0 Å². The van der Waals surface area contributed by atoms with E-state index >= 15 is 0 Å². The van der Waals surface area contributed by atoms with Crippen molar-refractivity contribution in [3.8, 4) is 0 Å². The zero-order valence-corrected chi connectivity index (χ0v) is 12.9. The first-order valence-electron chi connectivity index (χ1n) is 7.42. The number of ether oxygens (including phenoxy) is 1. The average Bonchev–Trinajstić information content (AvgIpc) is 2.65. The van der Waals surface area contributed by atoms with E-state index in [9.17, 15) is 9.59 Å². The minimum absolute atomic E-state index is 0.160. The summed E-state index contributed by atoms with van der Waals surface area (Å²) in [6, 6.07) is -0.160. The van der Waals surface area contributed by atoms with Gasteiger partial charge in [-0.2, -0.15) is 5.10 Å². The molecule has 0 radical (unpaired) electrons. The van der Waals surface area contributed by atoms with Crippen LogP contribution in [0.2, 0.25) is 0 Å². The number of nitrogens with zero attached hydrogens (tertiary/aromatic N) is 2. The third-order valence-corrected chi connectivity index (χ3v) is 4.09. The first kappa shape index (κ1) is 15.5. The number of aryl methyl sites for hydroxylation is 2. The van der Waals surface area contributed by atoms with Crippen molar-refractivity contribution >= 4 is 11.9 Å². The lowest BCUT2D eigenvalue weighted by atomic mass is 9.94. The number of hydrogen-bond acceptors (Lipinski definition) is 4. The van der Waals surface area contributed by atoms with E-state index in [-0.39, 0.29) is 23.8 Å². The Morgan fingerprint density at radius 3 is 2.67 bits per heavy atom. The van der Waals surface area contributed by atoms with E-state index < -0.39 is 0 Å². The van der Waals surface area contributed by atoms with E-state index in [2.05, 4.69) is 10.4 Å². The molecule has 0 saturated heterocycles. The van der Waals surface area contributed by atoms with Crippen LogP contribution in [0.1, 0.15) is 48.2 Å². The van der Waals surface area contributed by atoms with Crippen LogP contribution in [0.5, 0.6) is 0 Å². The van der Waals surface area contributed by atoms with E-state index in [1.807, 2.05) is 0 Å². The number of hydrogen-bond donors (Lipinski definition) is 1. The minimum Gasteiger partial charge on any atom is -0.469 e. The Morgan fingerprint density at radius 1 is 1.33 bits per heavy atom. The third kappa shape index (κ3) is 3.62. The largest absolute Gasteiger partial charge is 0.469 e. The van der Waals surface area contributed by atoms with Crippen LogP contribution in [0.3, 0.4) is 0 Å². The summed E-state index contributed by atoms with van der Waals surface area (Å²) in [4.78, 5) is 24.3. The van der Waals surface area contributed by atoms with Gasteiger partial charge in [0.25, 0.3) is 5.91 Å². The molecule has 1 aliphatic carbocycles. The van der Waals surface area contributed by atoms with Crippen LogP contribution in [-0.4, -0.2) is 34.8 Å². The second-order valence-corrected chi connectivity index (χ2v) is 5.65. The van der Waals surface area contributed by atoms with Crippen LogP contribution < -0.4 is 5.32 Å². The predicted octanol–water partition coefficient (Wildman–Crippen LogP) is 1.58. The molecule has 0 unspecified atom stereocenters. The van der Waals surface area contributed by atoms with Gasteiger partial charge in [0.1, 0.15) is 0 Å². The highest BCUT2D eigenvalue weighted by atomic mass is 16.5. The van der Waals surface area contributed by atoms with Crippen molar-refractivity contribution in [2.45, 2.75) is 45.1 Å². The van der Waals surface area contributed by atoms with E-state index in [1.165, 1.54) is 7.11 Å². The van der Waals surface area contributed by atoms with E-state index in [4.69, 9.17) is 4.74 Å².